The molecular formula is C23H22N2O3. The van der Waals surface area contributed by atoms with Crippen LogP contribution >= 0.6 is 0 Å². The van der Waals surface area contributed by atoms with E-state index in [1.165, 1.54) is 5.56 Å². The van der Waals surface area contributed by atoms with Crippen molar-refractivity contribution in [1.82, 2.24) is 0 Å². The SMILES string of the molecule is C[C@@H](Nc1ccccc1Cc1ccccc1)C(=O)Nc1ccc2c(c1)OCO2. The average molecular weight is 374 g/mol. The Bertz CT molecular complexity index is 973. The number of carbonyl (C=O) groups is 1. The molecule has 1 amide bonds. The van der Waals surface area contributed by atoms with Crippen molar-refractivity contribution in [2.24, 2.45) is 0 Å². The summed E-state index contributed by atoms with van der Waals surface area (Å²) in [6.45, 7) is 2.06. The molecule has 5 heteroatoms. The average Bonchev–Trinajstić information content (AvgIpc) is 3.18. The van der Waals surface area contributed by atoms with Crippen molar-refractivity contribution in [2.75, 3.05) is 17.4 Å². The highest BCUT2D eigenvalue weighted by Gasteiger charge is 2.17. The lowest BCUT2D eigenvalue weighted by Gasteiger charge is -2.18. The van der Waals surface area contributed by atoms with Crippen molar-refractivity contribution in [2.45, 2.75) is 19.4 Å². The Morgan fingerprint density at radius 1 is 0.964 bits per heavy atom. The van der Waals surface area contributed by atoms with Gasteiger partial charge in [0.05, 0.1) is 0 Å². The van der Waals surface area contributed by atoms with E-state index in [9.17, 15) is 4.79 Å². The number of carbonyl (C=O) groups excluding carboxylic acids is 1. The van der Waals surface area contributed by atoms with E-state index in [2.05, 4.69) is 28.8 Å². The van der Waals surface area contributed by atoms with E-state index in [4.69, 9.17) is 9.47 Å². The van der Waals surface area contributed by atoms with E-state index in [0.29, 0.717) is 17.2 Å². The topological polar surface area (TPSA) is 59.6 Å². The van der Waals surface area contributed by atoms with Crippen molar-refractivity contribution >= 4 is 17.3 Å². The summed E-state index contributed by atoms with van der Waals surface area (Å²) in [4.78, 5) is 12.6. The van der Waals surface area contributed by atoms with Gasteiger partial charge >= 0.3 is 0 Å². The lowest BCUT2D eigenvalue weighted by Crippen LogP contribution is -2.32. The highest BCUT2D eigenvalue weighted by Crippen LogP contribution is 2.34. The van der Waals surface area contributed by atoms with Crippen LogP contribution in [0.3, 0.4) is 0 Å². The monoisotopic (exact) mass is 374 g/mol. The summed E-state index contributed by atoms with van der Waals surface area (Å²) in [5, 5.41) is 6.26. The maximum absolute atomic E-state index is 12.6. The molecule has 4 rings (SSSR count). The number of amides is 1. The predicted octanol–water partition coefficient (Wildman–Crippen LogP) is 4.45. The largest absolute Gasteiger partial charge is 0.454 e. The molecule has 0 bridgehead atoms. The normalized spacial score (nSPS) is 13.0. The molecule has 0 spiro atoms. The molecule has 0 saturated carbocycles. The molecule has 0 aliphatic carbocycles. The third kappa shape index (κ3) is 4.09. The van der Waals surface area contributed by atoms with Gasteiger partial charge in [0.25, 0.3) is 0 Å². The summed E-state index contributed by atoms with van der Waals surface area (Å²) in [6, 6.07) is 23.3. The second kappa shape index (κ2) is 8.05. The fourth-order valence-electron chi connectivity index (χ4n) is 3.15. The van der Waals surface area contributed by atoms with Crippen LogP contribution in [-0.4, -0.2) is 18.7 Å². The maximum Gasteiger partial charge on any atom is 0.246 e. The number of anilines is 2. The molecular weight excluding hydrogens is 352 g/mol. The molecule has 1 aliphatic heterocycles. The fraction of sp³-hybridized carbons (Fsp3) is 0.174. The van der Waals surface area contributed by atoms with Gasteiger partial charge in [0.1, 0.15) is 6.04 Å². The van der Waals surface area contributed by atoms with Gasteiger partial charge in [-0.25, -0.2) is 0 Å². The minimum atomic E-state index is -0.401. The summed E-state index contributed by atoms with van der Waals surface area (Å²) >= 11 is 0. The second-order valence-electron chi connectivity index (χ2n) is 6.74. The van der Waals surface area contributed by atoms with Crippen LogP contribution in [0.25, 0.3) is 0 Å². The molecule has 0 radical (unpaired) electrons. The van der Waals surface area contributed by atoms with E-state index in [-0.39, 0.29) is 12.7 Å². The van der Waals surface area contributed by atoms with Crippen molar-refractivity contribution in [1.29, 1.82) is 0 Å². The zero-order valence-electron chi connectivity index (χ0n) is 15.6. The summed E-state index contributed by atoms with van der Waals surface area (Å²) in [5.74, 6) is 1.22. The number of benzene rings is 3. The molecule has 28 heavy (non-hydrogen) atoms. The maximum atomic E-state index is 12.6. The van der Waals surface area contributed by atoms with Gasteiger partial charge in [0.15, 0.2) is 11.5 Å². The van der Waals surface area contributed by atoms with Crippen molar-refractivity contribution in [3.8, 4) is 11.5 Å². The van der Waals surface area contributed by atoms with Crippen LogP contribution < -0.4 is 20.1 Å². The van der Waals surface area contributed by atoms with Gasteiger partial charge in [0, 0.05) is 17.4 Å². The van der Waals surface area contributed by atoms with Gasteiger partial charge < -0.3 is 20.1 Å². The van der Waals surface area contributed by atoms with Crippen LogP contribution in [0.4, 0.5) is 11.4 Å². The van der Waals surface area contributed by atoms with E-state index in [0.717, 1.165) is 17.7 Å². The minimum Gasteiger partial charge on any atom is -0.454 e. The van der Waals surface area contributed by atoms with Gasteiger partial charge in [0.2, 0.25) is 12.7 Å². The van der Waals surface area contributed by atoms with Crippen molar-refractivity contribution in [3.63, 3.8) is 0 Å². The highest BCUT2D eigenvalue weighted by atomic mass is 16.7. The van der Waals surface area contributed by atoms with Gasteiger partial charge in [-0.15, -0.1) is 0 Å². The standard InChI is InChI=1S/C23H22N2O3/c1-16(23(26)25-19-11-12-21-22(14-19)28-15-27-21)24-20-10-6-5-9-18(20)13-17-7-3-2-4-8-17/h2-12,14,16,24H,13,15H2,1H3,(H,25,26)/t16-/m1/s1. The first-order valence-electron chi connectivity index (χ1n) is 9.28. The summed E-state index contributed by atoms with van der Waals surface area (Å²) in [7, 11) is 0. The Kier molecular flexibility index (Phi) is 5.15. The first kappa shape index (κ1) is 17.9. The van der Waals surface area contributed by atoms with E-state index < -0.39 is 6.04 Å². The molecule has 0 saturated heterocycles. The Morgan fingerprint density at radius 2 is 1.71 bits per heavy atom. The van der Waals surface area contributed by atoms with E-state index in [1.54, 1.807) is 12.1 Å². The molecule has 2 N–H and O–H groups in total. The summed E-state index contributed by atoms with van der Waals surface area (Å²) in [5.41, 5.74) is 4.02. The molecule has 0 fully saturated rings. The Hall–Kier alpha value is -3.47. The molecule has 3 aromatic carbocycles. The fourth-order valence-corrected chi connectivity index (χ4v) is 3.15. The van der Waals surface area contributed by atoms with Crippen LogP contribution in [0.15, 0.2) is 72.8 Å². The van der Waals surface area contributed by atoms with Crippen LogP contribution in [0, 0.1) is 0 Å². The molecule has 0 aromatic heterocycles. The van der Waals surface area contributed by atoms with Crippen LogP contribution in [0.5, 0.6) is 11.5 Å². The van der Waals surface area contributed by atoms with Crippen LogP contribution in [0.1, 0.15) is 18.1 Å². The predicted molar refractivity (Wildman–Crippen MR) is 110 cm³/mol. The van der Waals surface area contributed by atoms with E-state index in [1.807, 2.05) is 49.4 Å². The van der Waals surface area contributed by atoms with Crippen LogP contribution in [-0.2, 0) is 11.2 Å². The van der Waals surface area contributed by atoms with Gasteiger partial charge in [-0.2, -0.15) is 0 Å². The number of fused-ring (bicyclic) bond motifs is 1. The molecule has 0 unspecified atom stereocenters. The van der Waals surface area contributed by atoms with E-state index >= 15 is 0 Å². The van der Waals surface area contributed by atoms with Gasteiger partial charge in [-0.3, -0.25) is 4.79 Å². The van der Waals surface area contributed by atoms with Gasteiger partial charge in [-0.1, -0.05) is 48.5 Å². The zero-order chi connectivity index (χ0) is 19.3. The summed E-state index contributed by atoms with van der Waals surface area (Å²) in [6.07, 6.45) is 0.806. The minimum absolute atomic E-state index is 0.117. The Balaban J connectivity index is 1.43. The number of nitrogens with one attached hydrogen (secondary N) is 2. The lowest BCUT2D eigenvalue weighted by molar-refractivity contribution is -0.116. The Morgan fingerprint density at radius 3 is 2.57 bits per heavy atom. The molecule has 142 valence electrons. The zero-order valence-corrected chi connectivity index (χ0v) is 15.6. The first-order chi connectivity index (χ1) is 13.7. The molecule has 3 aromatic rings. The number of ether oxygens (including phenoxy) is 2. The number of para-hydroxylation sites is 1. The molecule has 1 aliphatic rings. The van der Waals surface area contributed by atoms with Crippen molar-refractivity contribution < 1.29 is 14.3 Å². The van der Waals surface area contributed by atoms with Crippen molar-refractivity contribution in [3.05, 3.63) is 83.9 Å². The highest BCUT2D eigenvalue weighted by molar-refractivity contribution is 5.96. The molecule has 5 nitrogen and oxygen atoms in total. The number of hydrogen-bond donors (Lipinski definition) is 2. The third-order valence-electron chi connectivity index (χ3n) is 4.66. The number of hydrogen-bond acceptors (Lipinski definition) is 4. The molecule has 1 atom stereocenters. The number of rotatable bonds is 6. The third-order valence-corrected chi connectivity index (χ3v) is 4.66. The smallest absolute Gasteiger partial charge is 0.246 e. The lowest BCUT2D eigenvalue weighted by atomic mass is 10.0. The Labute approximate surface area is 164 Å². The van der Waals surface area contributed by atoms with Crippen LogP contribution in [0.2, 0.25) is 0 Å². The second-order valence-corrected chi connectivity index (χ2v) is 6.74. The summed E-state index contributed by atoms with van der Waals surface area (Å²) < 4.78 is 10.7. The molecule has 1 heterocycles. The van der Waals surface area contributed by atoms with Gasteiger partial charge in [-0.05, 0) is 42.7 Å². The quantitative estimate of drug-likeness (QED) is 0.669. The first-order valence-corrected chi connectivity index (χ1v) is 9.28.